The zero-order valence-electron chi connectivity index (χ0n) is 15.6. The minimum absolute atomic E-state index is 0.0915. The smallest absolute Gasteiger partial charge is 0.251 e. The Bertz CT molecular complexity index is 1010. The van der Waals surface area contributed by atoms with Crippen molar-refractivity contribution in [1.82, 2.24) is 10.3 Å². The molecule has 1 heterocycles. The van der Waals surface area contributed by atoms with Crippen molar-refractivity contribution < 1.29 is 14.0 Å². The fraction of sp³-hybridized carbons (Fsp3) is 0.227. The van der Waals surface area contributed by atoms with E-state index in [9.17, 15) is 9.59 Å². The summed E-state index contributed by atoms with van der Waals surface area (Å²) in [5.41, 5.74) is 3.47. The van der Waals surface area contributed by atoms with Crippen LogP contribution in [-0.4, -0.2) is 22.8 Å². The average molecular weight is 375 g/mol. The van der Waals surface area contributed by atoms with Gasteiger partial charge in [-0.1, -0.05) is 24.3 Å². The number of hydrogen-bond acceptors (Lipinski definition) is 4. The van der Waals surface area contributed by atoms with Gasteiger partial charge in [0.05, 0.1) is 12.1 Å². The maximum Gasteiger partial charge on any atom is 0.251 e. The van der Waals surface area contributed by atoms with Gasteiger partial charge in [-0.3, -0.25) is 9.59 Å². The lowest BCUT2D eigenvalue weighted by molar-refractivity contribution is -0.115. The molecule has 2 amide bonds. The Morgan fingerprint density at radius 1 is 1.14 bits per heavy atom. The fourth-order valence-corrected chi connectivity index (χ4v) is 2.85. The molecule has 0 spiro atoms. The van der Waals surface area contributed by atoms with Crippen LogP contribution in [0.25, 0.3) is 11.5 Å². The number of nitrogens with one attached hydrogen (secondary N) is 2. The van der Waals surface area contributed by atoms with Crippen LogP contribution in [0.1, 0.15) is 34.5 Å². The summed E-state index contributed by atoms with van der Waals surface area (Å²) in [4.78, 5) is 29.1. The molecular weight excluding hydrogens is 354 g/mol. The van der Waals surface area contributed by atoms with E-state index in [0.717, 1.165) is 24.0 Å². The Morgan fingerprint density at radius 3 is 2.68 bits per heavy atom. The van der Waals surface area contributed by atoms with E-state index in [2.05, 4.69) is 15.6 Å². The standard InChI is InChI=1S/C22H21N3O3/c1-14-7-8-16(21(27)23-17-9-10-17)11-19(14)25-20(26)12-18-13-28-22(24-18)15-5-3-2-4-6-15/h2-8,11,13,17H,9-10,12H2,1H3,(H,23,27)(H,25,26). The zero-order chi connectivity index (χ0) is 19.5. The predicted molar refractivity (Wildman–Crippen MR) is 106 cm³/mol. The van der Waals surface area contributed by atoms with Gasteiger partial charge in [-0.25, -0.2) is 4.98 Å². The van der Waals surface area contributed by atoms with Gasteiger partial charge in [-0.2, -0.15) is 0 Å². The number of aromatic nitrogens is 1. The third-order valence-corrected chi connectivity index (χ3v) is 4.60. The summed E-state index contributed by atoms with van der Waals surface area (Å²) in [6.07, 6.45) is 3.65. The molecule has 28 heavy (non-hydrogen) atoms. The molecule has 0 bridgehead atoms. The molecule has 1 fully saturated rings. The Balaban J connectivity index is 1.42. The van der Waals surface area contributed by atoms with Crippen LogP contribution in [0.15, 0.2) is 59.2 Å². The summed E-state index contributed by atoms with van der Waals surface area (Å²) in [6.45, 7) is 1.89. The molecule has 0 aliphatic heterocycles. The molecular formula is C22H21N3O3. The van der Waals surface area contributed by atoms with Crippen LogP contribution in [0.3, 0.4) is 0 Å². The van der Waals surface area contributed by atoms with Crippen LogP contribution in [-0.2, 0) is 11.2 Å². The maximum atomic E-state index is 12.5. The Morgan fingerprint density at radius 2 is 1.93 bits per heavy atom. The van der Waals surface area contributed by atoms with Gasteiger partial charge in [0.25, 0.3) is 5.91 Å². The normalized spacial score (nSPS) is 13.2. The Labute approximate surface area is 163 Å². The van der Waals surface area contributed by atoms with Crippen LogP contribution in [0.5, 0.6) is 0 Å². The topological polar surface area (TPSA) is 84.2 Å². The molecule has 3 aromatic rings. The predicted octanol–water partition coefficient (Wildman–Crippen LogP) is 3.72. The first-order valence-electron chi connectivity index (χ1n) is 9.29. The van der Waals surface area contributed by atoms with Crippen molar-refractivity contribution in [2.45, 2.75) is 32.2 Å². The molecule has 1 aliphatic rings. The van der Waals surface area contributed by atoms with Crippen molar-refractivity contribution in [3.8, 4) is 11.5 Å². The lowest BCUT2D eigenvalue weighted by Gasteiger charge is -2.10. The molecule has 1 saturated carbocycles. The molecule has 2 aromatic carbocycles. The summed E-state index contributed by atoms with van der Waals surface area (Å²) in [6, 6.07) is 15.1. The minimum Gasteiger partial charge on any atom is -0.444 e. The van der Waals surface area contributed by atoms with E-state index in [1.807, 2.05) is 43.3 Å². The summed E-state index contributed by atoms with van der Waals surface area (Å²) in [5.74, 6) is 0.163. The van der Waals surface area contributed by atoms with Gasteiger partial charge in [0.1, 0.15) is 6.26 Å². The Kier molecular flexibility index (Phi) is 4.93. The lowest BCUT2D eigenvalue weighted by Crippen LogP contribution is -2.25. The van der Waals surface area contributed by atoms with Crippen LogP contribution in [0, 0.1) is 6.92 Å². The largest absolute Gasteiger partial charge is 0.444 e. The quantitative estimate of drug-likeness (QED) is 0.688. The molecule has 0 atom stereocenters. The first kappa shape index (κ1) is 18.0. The second-order valence-electron chi connectivity index (χ2n) is 7.01. The van der Waals surface area contributed by atoms with E-state index in [1.165, 1.54) is 6.26 Å². The molecule has 0 saturated heterocycles. The highest BCUT2D eigenvalue weighted by Gasteiger charge is 2.24. The van der Waals surface area contributed by atoms with Crippen molar-refractivity contribution in [3.63, 3.8) is 0 Å². The summed E-state index contributed by atoms with van der Waals surface area (Å²) < 4.78 is 5.47. The number of carbonyl (C=O) groups excluding carboxylic acids is 2. The van der Waals surface area contributed by atoms with E-state index < -0.39 is 0 Å². The first-order chi connectivity index (χ1) is 13.6. The number of aryl methyl sites for hydroxylation is 1. The highest BCUT2D eigenvalue weighted by atomic mass is 16.3. The van der Waals surface area contributed by atoms with Crippen molar-refractivity contribution in [2.75, 3.05) is 5.32 Å². The third kappa shape index (κ3) is 4.28. The SMILES string of the molecule is Cc1ccc(C(=O)NC2CC2)cc1NC(=O)Cc1coc(-c2ccccc2)n1. The van der Waals surface area contributed by atoms with E-state index >= 15 is 0 Å². The molecule has 1 aromatic heterocycles. The number of oxazole rings is 1. The number of carbonyl (C=O) groups is 2. The highest BCUT2D eigenvalue weighted by Crippen LogP contribution is 2.22. The van der Waals surface area contributed by atoms with Gasteiger partial charge in [0, 0.05) is 22.9 Å². The molecule has 6 heteroatoms. The summed E-state index contributed by atoms with van der Waals surface area (Å²) >= 11 is 0. The number of rotatable bonds is 6. The first-order valence-corrected chi connectivity index (χ1v) is 9.29. The summed E-state index contributed by atoms with van der Waals surface area (Å²) in [7, 11) is 0. The minimum atomic E-state index is -0.212. The van der Waals surface area contributed by atoms with Crippen molar-refractivity contribution in [3.05, 3.63) is 71.6 Å². The number of hydrogen-bond donors (Lipinski definition) is 2. The van der Waals surface area contributed by atoms with Crippen LogP contribution in [0.2, 0.25) is 0 Å². The van der Waals surface area contributed by atoms with E-state index in [1.54, 1.807) is 12.1 Å². The summed E-state index contributed by atoms with van der Waals surface area (Å²) in [5, 5.41) is 5.83. The van der Waals surface area contributed by atoms with Crippen LogP contribution < -0.4 is 10.6 Å². The number of nitrogens with zero attached hydrogens (tertiary/aromatic N) is 1. The van der Waals surface area contributed by atoms with Gasteiger partial charge >= 0.3 is 0 Å². The zero-order valence-corrected chi connectivity index (χ0v) is 15.6. The monoisotopic (exact) mass is 375 g/mol. The maximum absolute atomic E-state index is 12.5. The second kappa shape index (κ2) is 7.68. The average Bonchev–Trinajstić information content (AvgIpc) is 3.39. The number of benzene rings is 2. The van der Waals surface area contributed by atoms with E-state index in [-0.39, 0.29) is 24.3 Å². The highest BCUT2D eigenvalue weighted by molar-refractivity contribution is 5.98. The van der Waals surface area contributed by atoms with E-state index in [0.29, 0.717) is 22.8 Å². The molecule has 4 rings (SSSR count). The molecule has 142 valence electrons. The molecule has 2 N–H and O–H groups in total. The fourth-order valence-electron chi connectivity index (χ4n) is 2.85. The second-order valence-corrected chi connectivity index (χ2v) is 7.01. The number of anilines is 1. The molecule has 6 nitrogen and oxygen atoms in total. The molecule has 1 aliphatic carbocycles. The van der Waals surface area contributed by atoms with Gasteiger partial charge in [-0.15, -0.1) is 0 Å². The molecule has 0 radical (unpaired) electrons. The van der Waals surface area contributed by atoms with Crippen molar-refractivity contribution >= 4 is 17.5 Å². The van der Waals surface area contributed by atoms with Gasteiger partial charge in [0.15, 0.2) is 0 Å². The third-order valence-electron chi connectivity index (χ3n) is 4.60. The lowest BCUT2D eigenvalue weighted by atomic mass is 10.1. The van der Waals surface area contributed by atoms with E-state index in [4.69, 9.17) is 4.42 Å². The van der Waals surface area contributed by atoms with Gasteiger partial charge in [-0.05, 0) is 49.6 Å². The van der Waals surface area contributed by atoms with Crippen LogP contribution >= 0.6 is 0 Å². The van der Waals surface area contributed by atoms with Gasteiger partial charge < -0.3 is 15.1 Å². The van der Waals surface area contributed by atoms with Gasteiger partial charge in [0.2, 0.25) is 11.8 Å². The Hall–Kier alpha value is -3.41. The van der Waals surface area contributed by atoms with Crippen molar-refractivity contribution in [1.29, 1.82) is 0 Å². The molecule has 0 unspecified atom stereocenters. The van der Waals surface area contributed by atoms with Crippen LogP contribution in [0.4, 0.5) is 5.69 Å². The van der Waals surface area contributed by atoms with Crippen molar-refractivity contribution in [2.24, 2.45) is 0 Å². The number of amides is 2.